The van der Waals surface area contributed by atoms with Crippen molar-refractivity contribution in [1.29, 1.82) is 5.41 Å². The lowest BCUT2D eigenvalue weighted by Crippen LogP contribution is -2.19. The molecule has 0 aliphatic carbocycles. The molecule has 0 radical (unpaired) electrons. The van der Waals surface area contributed by atoms with E-state index in [0.29, 0.717) is 12.3 Å². The maximum absolute atomic E-state index is 7.77. The van der Waals surface area contributed by atoms with E-state index in [1.807, 2.05) is 38.4 Å². The summed E-state index contributed by atoms with van der Waals surface area (Å²) < 4.78 is 0. The molecule has 1 aromatic rings. The summed E-state index contributed by atoms with van der Waals surface area (Å²) >= 11 is 0. The third-order valence-corrected chi connectivity index (χ3v) is 1.88. The van der Waals surface area contributed by atoms with Crippen LogP contribution in [0.1, 0.15) is 5.56 Å². The summed E-state index contributed by atoms with van der Waals surface area (Å²) in [6.07, 6.45) is 0. The lowest BCUT2D eigenvalue weighted by Gasteiger charge is -2.09. The predicted molar refractivity (Wildman–Crippen MR) is 56.7 cm³/mol. The average Bonchev–Trinajstić information content (AvgIpc) is 2.18. The fourth-order valence-corrected chi connectivity index (χ4v) is 1.24. The molecule has 1 rings (SSSR count). The third-order valence-electron chi connectivity index (χ3n) is 1.88. The van der Waals surface area contributed by atoms with Crippen LogP contribution in [0.4, 0.5) is 5.69 Å². The first kappa shape index (κ1) is 9.74. The van der Waals surface area contributed by atoms with Gasteiger partial charge in [0.05, 0.1) is 5.71 Å². The van der Waals surface area contributed by atoms with Crippen molar-refractivity contribution in [3.63, 3.8) is 0 Å². The summed E-state index contributed by atoms with van der Waals surface area (Å²) in [4.78, 5) is 0. The Labute approximate surface area is 78.7 Å². The van der Waals surface area contributed by atoms with Gasteiger partial charge in [-0.05, 0) is 13.1 Å². The fourth-order valence-electron chi connectivity index (χ4n) is 1.24. The van der Waals surface area contributed by atoms with E-state index in [2.05, 4.69) is 10.6 Å². The van der Waals surface area contributed by atoms with Crippen molar-refractivity contribution in [2.75, 3.05) is 26.0 Å². The molecule has 0 saturated carbocycles. The molecule has 0 bridgehead atoms. The molecule has 0 saturated heterocycles. The Morgan fingerprint density at radius 1 is 1.31 bits per heavy atom. The predicted octanol–water partition coefficient (Wildman–Crippen LogP) is 1.32. The van der Waals surface area contributed by atoms with Crippen molar-refractivity contribution in [1.82, 2.24) is 5.32 Å². The zero-order valence-electron chi connectivity index (χ0n) is 8.02. The first-order valence-electron chi connectivity index (χ1n) is 4.28. The molecule has 1 aromatic carbocycles. The second-order valence-electron chi connectivity index (χ2n) is 2.80. The monoisotopic (exact) mass is 177 g/mol. The number of likely N-dealkylation sites (N-methyl/N-ethyl adjacent to an activating group) is 1. The van der Waals surface area contributed by atoms with Gasteiger partial charge in [-0.15, -0.1) is 0 Å². The van der Waals surface area contributed by atoms with Crippen LogP contribution < -0.4 is 10.6 Å². The first-order chi connectivity index (χ1) is 6.29. The van der Waals surface area contributed by atoms with Crippen LogP contribution in [-0.2, 0) is 0 Å². The zero-order chi connectivity index (χ0) is 9.68. The number of anilines is 1. The van der Waals surface area contributed by atoms with Crippen LogP contribution in [-0.4, -0.2) is 26.4 Å². The number of rotatable bonds is 4. The standard InChI is InChI=1S/C10H15N3/c1-12-7-9(11)8-5-3-4-6-10(8)13-2/h3-6,11-13H,7H2,1-2H3. The van der Waals surface area contributed by atoms with Crippen LogP contribution in [0.5, 0.6) is 0 Å². The van der Waals surface area contributed by atoms with E-state index < -0.39 is 0 Å². The van der Waals surface area contributed by atoms with Gasteiger partial charge >= 0.3 is 0 Å². The van der Waals surface area contributed by atoms with Crippen molar-refractivity contribution in [3.8, 4) is 0 Å². The van der Waals surface area contributed by atoms with Crippen molar-refractivity contribution in [2.24, 2.45) is 0 Å². The molecule has 0 heterocycles. The van der Waals surface area contributed by atoms with E-state index in [-0.39, 0.29) is 0 Å². The van der Waals surface area contributed by atoms with Gasteiger partial charge in [0.1, 0.15) is 0 Å². The van der Waals surface area contributed by atoms with Crippen molar-refractivity contribution < 1.29 is 0 Å². The van der Waals surface area contributed by atoms with Crippen LogP contribution in [0.3, 0.4) is 0 Å². The molecule has 3 heteroatoms. The lowest BCUT2D eigenvalue weighted by atomic mass is 10.1. The van der Waals surface area contributed by atoms with Crippen LogP contribution in [0.25, 0.3) is 0 Å². The van der Waals surface area contributed by atoms with E-state index in [4.69, 9.17) is 5.41 Å². The minimum Gasteiger partial charge on any atom is -0.388 e. The van der Waals surface area contributed by atoms with E-state index >= 15 is 0 Å². The van der Waals surface area contributed by atoms with Gasteiger partial charge < -0.3 is 16.0 Å². The number of nitrogens with one attached hydrogen (secondary N) is 3. The first-order valence-corrected chi connectivity index (χ1v) is 4.28. The van der Waals surface area contributed by atoms with Crippen molar-refractivity contribution in [3.05, 3.63) is 29.8 Å². The summed E-state index contributed by atoms with van der Waals surface area (Å²) in [5.74, 6) is 0. The molecule has 0 aromatic heterocycles. The molecule has 0 spiro atoms. The molecule has 0 atom stereocenters. The molecule has 3 N–H and O–H groups in total. The Morgan fingerprint density at radius 2 is 2.00 bits per heavy atom. The zero-order valence-corrected chi connectivity index (χ0v) is 8.02. The minimum absolute atomic E-state index is 0.596. The highest BCUT2D eigenvalue weighted by atomic mass is 14.8. The maximum Gasteiger partial charge on any atom is 0.0544 e. The van der Waals surface area contributed by atoms with Crippen LogP contribution >= 0.6 is 0 Å². The van der Waals surface area contributed by atoms with Gasteiger partial charge in [0.15, 0.2) is 0 Å². The normalized spacial score (nSPS) is 9.69. The summed E-state index contributed by atoms with van der Waals surface area (Å²) in [5, 5.41) is 13.8. The molecule has 0 aliphatic rings. The Morgan fingerprint density at radius 3 is 2.62 bits per heavy atom. The largest absolute Gasteiger partial charge is 0.388 e. The average molecular weight is 177 g/mol. The van der Waals surface area contributed by atoms with Crippen molar-refractivity contribution in [2.45, 2.75) is 0 Å². The van der Waals surface area contributed by atoms with Crippen LogP contribution in [0, 0.1) is 5.41 Å². The van der Waals surface area contributed by atoms with Crippen LogP contribution in [0.2, 0.25) is 0 Å². The third kappa shape index (κ3) is 2.29. The Hall–Kier alpha value is -1.35. The van der Waals surface area contributed by atoms with Gasteiger partial charge in [-0.25, -0.2) is 0 Å². The fraction of sp³-hybridized carbons (Fsp3) is 0.300. The Kier molecular flexibility index (Phi) is 3.46. The van der Waals surface area contributed by atoms with E-state index in [1.165, 1.54) is 0 Å². The highest BCUT2D eigenvalue weighted by molar-refractivity contribution is 6.04. The molecule has 0 amide bonds. The van der Waals surface area contributed by atoms with Gasteiger partial charge in [-0.2, -0.15) is 0 Å². The summed E-state index contributed by atoms with van der Waals surface area (Å²) in [7, 11) is 3.71. The Balaban J connectivity index is 2.92. The SMILES string of the molecule is CNCC(=N)c1ccccc1NC. The van der Waals surface area contributed by atoms with Crippen molar-refractivity contribution >= 4 is 11.4 Å². The Bertz CT molecular complexity index is 294. The smallest absolute Gasteiger partial charge is 0.0544 e. The molecule has 0 fully saturated rings. The number of benzene rings is 1. The van der Waals surface area contributed by atoms with E-state index in [9.17, 15) is 0 Å². The molecule has 0 unspecified atom stereocenters. The summed E-state index contributed by atoms with van der Waals surface area (Å²) in [6.45, 7) is 0.596. The van der Waals surface area contributed by atoms with Gasteiger partial charge in [-0.3, -0.25) is 0 Å². The minimum atomic E-state index is 0.596. The van der Waals surface area contributed by atoms with E-state index in [1.54, 1.807) is 0 Å². The van der Waals surface area contributed by atoms with E-state index in [0.717, 1.165) is 11.3 Å². The second-order valence-corrected chi connectivity index (χ2v) is 2.80. The maximum atomic E-state index is 7.77. The number of hydrogen-bond acceptors (Lipinski definition) is 3. The van der Waals surface area contributed by atoms with Crippen LogP contribution in [0.15, 0.2) is 24.3 Å². The lowest BCUT2D eigenvalue weighted by molar-refractivity contribution is 0.942. The van der Waals surface area contributed by atoms with Gasteiger partial charge in [0.25, 0.3) is 0 Å². The summed E-state index contributed by atoms with van der Waals surface area (Å²) in [6, 6.07) is 7.83. The molecular formula is C10H15N3. The molecule has 70 valence electrons. The molecule has 13 heavy (non-hydrogen) atoms. The van der Waals surface area contributed by atoms with Gasteiger partial charge in [0.2, 0.25) is 0 Å². The molecular weight excluding hydrogens is 162 g/mol. The second kappa shape index (κ2) is 4.62. The highest BCUT2D eigenvalue weighted by Crippen LogP contribution is 2.13. The summed E-state index contributed by atoms with van der Waals surface area (Å²) in [5.41, 5.74) is 2.56. The quantitative estimate of drug-likeness (QED) is 0.607. The number of hydrogen-bond donors (Lipinski definition) is 3. The van der Waals surface area contributed by atoms with Gasteiger partial charge in [-0.1, -0.05) is 18.2 Å². The highest BCUT2D eigenvalue weighted by Gasteiger charge is 2.03. The molecule has 3 nitrogen and oxygen atoms in total. The molecule has 0 aliphatic heterocycles. The van der Waals surface area contributed by atoms with Gasteiger partial charge in [0, 0.05) is 24.8 Å². The topological polar surface area (TPSA) is 47.9 Å². The number of para-hydroxylation sites is 1.